The summed E-state index contributed by atoms with van der Waals surface area (Å²) in [5.41, 5.74) is 2.78. The monoisotopic (exact) mass is 542 g/mol. The van der Waals surface area contributed by atoms with E-state index in [-0.39, 0.29) is 36.0 Å². The Kier molecular flexibility index (Phi) is 13.1. The Balaban J connectivity index is 2.13. The lowest BCUT2D eigenvalue weighted by molar-refractivity contribution is -0.131. The Morgan fingerprint density at radius 1 is 1.13 bits per heavy atom. The molecule has 1 aromatic carbocycles. The van der Waals surface area contributed by atoms with Crippen LogP contribution in [0.2, 0.25) is 0 Å². The summed E-state index contributed by atoms with van der Waals surface area (Å²) in [6.07, 6.45) is 3.19. The topological polar surface area (TPSA) is 91.4 Å². The second-order valence-corrected chi connectivity index (χ2v) is 11.2. The zero-order valence-corrected chi connectivity index (χ0v) is 24.9. The van der Waals surface area contributed by atoms with Crippen LogP contribution in [0, 0.1) is 11.8 Å². The van der Waals surface area contributed by atoms with E-state index < -0.39 is 5.92 Å². The van der Waals surface area contributed by atoms with Crippen LogP contribution in [0.25, 0.3) is 10.2 Å². The number of likely N-dealkylation sites (N-methyl/N-ethyl adjacent to an activating group) is 1. The van der Waals surface area contributed by atoms with Crippen LogP contribution in [-0.2, 0) is 27.2 Å². The highest BCUT2D eigenvalue weighted by molar-refractivity contribution is 7.18. The molecule has 8 heteroatoms. The fraction of sp³-hybridized carbons (Fsp3) is 0.600. The molecular weight excluding hydrogens is 496 g/mol. The zero-order valence-electron chi connectivity index (χ0n) is 24.1. The largest absolute Gasteiger partial charge is 0.359 e. The summed E-state index contributed by atoms with van der Waals surface area (Å²) in [4.78, 5) is 45.5. The number of aromatic nitrogens is 1. The van der Waals surface area contributed by atoms with Crippen LogP contribution >= 0.6 is 11.3 Å². The van der Waals surface area contributed by atoms with Gasteiger partial charge in [-0.15, -0.1) is 11.3 Å². The molecule has 3 atom stereocenters. The van der Waals surface area contributed by atoms with Crippen LogP contribution in [0.3, 0.4) is 0 Å². The van der Waals surface area contributed by atoms with E-state index in [2.05, 4.69) is 68.9 Å². The van der Waals surface area contributed by atoms with E-state index >= 15 is 0 Å². The molecule has 2 N–H and O–H groups in total. The first kappa shape index (κ1) is 31.6. The molecule has 210 valence electrons. The lowest BCUT2D eigenvalue weighted by Crippen LogP contribution is -2.44. The van der Waals surface area contributed by atoms with E-state index in [4.69, 9.17) is 4.98 Å². The van der Waals surface area contributed by atoms with Crippen LogP contribution < -0.4 is 10.6 Å². The molecule has 0 aliphatic rings. The lowest BCUT2D eigenvalue weighted by Gasteiger charge is -2.27. The molecule has 0 saturated carbocycles. The number of nitrogens with zero attached hydrogens (tertiary/aromatic N) is 2. The van der Waals surface area contributed by atoms with Crippen LogP contribution in [0.15, 0.2) is 30.4 Å². The molecule has 0 aliphatic carbocycles. The van der Waals surface area contributed by atoms with Crippen LogP contribution in [0.1, 0.15) is 70.9 Å². The van der Waals surface area contributed by atoms with Gasteiger partial charge in [-0.05, 0) is 49.5 Å². The van der Waals surface area contributed by atoms with E-state index in [9.17, 15) is 14.4 Å². The summed E-state index contributed by atoms with van der Waals surface area (Å²) in [5, 5.41) is 6.69. The lowest BCUT2D eigenvalue weighted by atomic mass is 9.91. The van der Waals surface area contributed by atoms with Crippen molar-refractivity contribution in [1.82, 2.24) is 20.5 Å². The normalized spacial score (nSPS) is 13.8. The van der Waals surface area contributed by atoms with Gasteiger partial charge >= 0.3 is 0 Å². The Morgan fingerprint density at radius 2 is 1.84 bits per heavy atom. The quantitative estimate of drug-likeness (QED) is 0.277. The number of rotatable bonds is 17. The first-order valence-electron chi connectivity index (χ1n) is 14.0. The number of thiazole rings is 1. The van der Waals surface area contributed by atoms with Crippen LogP contribution in [0.4, 0.5) is 0 Å². The van der Waals surface area contributed by atoms with Crippen molar-refractivity contribution in [2.45, 2.75) is 79.2 Å². The molecule has 2 rings (SSSR count). The van der Waals surface area contributed by atoms with Crippen molar-refractivity contribution in [3.05, 3.63) is 40.9 Å². The minimum Gasteiger partial charge on any atom is -0.359 e. The highest BCUT2D eigenvalue weighted by Gasteiger charge is 2.28. The van der Waals surface area contributed by atoms with Gasteiger partial charge in [0.1, 0.15) is 0 Å². The molecule has 38 heavy (non-hydrogen) atoms. The molecule has 2 amide bonds. The van der Waals surface area contributed by atoms with Crippen molar-refractivity contribution in [1.29, 1.82) is 0 Å². The van der Waals surface area contributed by atoms with Crippen LogP contribution in [0.5, 0.6) is 0 Å². The van der Waals surface area contributed by atoms with Gasteiger partial charge in [-0.2, -0.15) is 0 Å². The first-order valence-corrected chi connectivity index (χ1v) is 14.8. The molecule has 0 spiro atoms. The number of ketones is 1. The van der Waals surface area contributed by atoms with E-state index in [0.29, 0.717) is 31.4 Å². The molecule has 0 saturated heterocycles. The smallest absolute Gasteiger partial charge is 0.224 e. The van der Waals surface area contributed by atoms with Crippen molar-refractivity contribution < 1.29 is 14.4 Å². The molecular formula is C30H46N4O3S. The first-order chi connectivity index (χ1) is 18.1. The maximum Gasteiger partial charge on any atom is 0.224 e. The van der Waals surface area contributed by atoms with E-state index in [1.54, 1.807) is 18.4 Å². The summed E-state index contributed by atoms with van der Waals surface area (Å²) in [6.45, 7) is 16.8. The standard InChI is InChI=1S/C30H46N4O3S/c1-8-20(5)24(14-15-26(35)21(6)19-34(10-3)11-4)33-30(37)23(17-28(36)31-7)18-29-32-25-13-12-22(9-2)16-27(25)38-29/h12-13,16,20,23-24H,6,8-11,14-15,17-19H2,1-5,7H3,(H,31,36)(H,33,37)/t20-,23-,24+/m0/s1. The summed E-state index contributed by atoms with van der Waals surface area (Å²) >= 11 is 1.58. The summed E-state index contributed by atoms with van der Waals surface area (Å²) in [6, 6.07) is 6.09. The molecule has 0 radical (unpaired) electrons. The maximum absolute atomic E-state index is 13.5. The Hall–Kier alpha value is -2.58. The Bertz CT molecular complexity index is 1090. The fourth-order valence-electron chi connectivity index (χ4n) is 4.47. The van der Waals surface area contributed by atoms with E-state index in [0.717, 1.165) is 41.2 Å². The van der Waals surface area contributed by atoms with Gasteiger partial charge in [0.05, 0.1) is 21.1 Å². The second kappa shape index (κ2) is 15.7. The number of Topliss-reactive ketones (excluding diaryl/α,β-unsaturated/α-hetero) is 1. The number of nitrogens with one attached hydrogen (secondary N) is 2. The number of carbonyl (C=O) groups is 3. The Morgan fingerprint density at radius 3 is 2.45 bits per heavy atom. The molecule has 2 aromatic rings. The molecule has 0 bridgehead atoms. The number of hydrogen-bond acceptors (Lipinski definition) is 6. The average Bonchev–Trinajstić information content (AvgIpc) is 3.33. The summed E-state index contributed by atoms with van der Waals surface area (Å²) < 4.78 is 1.10. The third kappa shape index (κ3) is 9.31. The van der Waals surface area contributed by atoms with Gasteiger partial charge in [-0.3, -0.25) is 19.3 Å². The van der Waals surface area contributed by atoms with Crippen molar-refractivity contribution in [2.75, 3.05) is 26.7 Å². The van der Waals surface area contributed by atoms with Gasteiger partial charge in [0.25, 0.3) is 0 Å². The van der Waals surface area contributed by atoms with Gasteiger partial charge in [0.15, 0.2) is 5.78 Å². The molecule has 7 nitrogen and oxygen atoms in total. The molecule has 0 unspecified atom stereocenters. The molecule has 1 aromatic heterocycles. The predicted molar refractivity (Wildman–Crippen MR) is 157 cm³/mol. The van der Waals surface area contributed by atoms with E-state index in [1.165, 1.54) is 5.56 Å². The number of aryl methyl sites for hydroxylation is 1. The van der Waals surface area contributed by atoms with Gasteiger partial charge < -0.3 is 10.6 Å². The third-order valence-corrected chi connectivity index (χ3v) is 8.49. The predicted octanol–water partition coefficient (Wildman–Crippen LogP) is 4.93. The Labute approximate surface area is 232 Å². The SMILES string of the molecule is C=C(CN(CC)CC)C(=O)CC[C@@H](NC(=O)[C@@H](CC(=O)NC)Cc1nc2ccc(CC)cc2s1)[C@@H](C)CC. The van der Waals surface area contributed by atoms with Crippen molar-refractivity contribution in [2.24, 2.45) is 11.8 Å². The minimum absolute atomic E-state index is 0.0438. The number of amides is 2. The highest BCUT2D eigenvalue weighted by atomic mass is 32.1. The van der Waals surface area contributed by atoms with Gasteiger partial charge in [0, 0.05) is 44.5 Å². The van der Waals surface area contributed by atoms with Crippen LogP contribution in [-0.4, -0.2) is 60.2 Å². The summed E-state index contributed by atoms with van der Waals surface area (Å²) in [7, 11) is 1.58. The molecule has 0 aliphatic heterocycles. The number of carbonyl (C=O) groups excluding carboxylic acids is 3. The van der Waals surface area contributed by atoms with Crippen molar-refractivity contribution in [3.8, 4) is 0 Å². The number of hydrogen-bond donors (Lipinski definition) is 2. The summed E-state index contributed by atoms with van der Waals surface area (Å²) in [5.74, 6) is -0.647. The third-order valence-electron chi connectivity index (χ3n) is 7.45. The van der Waals surface area contributed by atoms with Crippen molar-refractivity contribution in [3.63, 3.8) is 0 Å². The van der Waals surface area contributed by atoms with Gasteiger partial charge in [0.2, 0.25) is 11.8 Å². The highest BCUT2D eigenvalue weighted by Crippen LogP contribution is 2.27. The number of benzene rings is 1. The average molecular weight is 543 g/mol. The fourth-order valence-corrected chi connectivity index (χ4v) is 5.58. The maximum atomic E-state index is 13.5. The van der Waals surface area contributed by atoms with Gasteiger partial charge in [-0.25, -0.2) is 4.98 Å². The number of fused-ring (bicyclic) bond motifs is 1. The molecule has 0 fully saturated rings. The van der Waals surface area contributed by atoms with Crippen molar-refractivity contribution >= 4 is 39.2 Å². The molecule has 1 heterocycles. The van der Waals surface area contributed by atoms with Gasteiger partial charge in [-0.1, -0.05) is 53.7 Å². The van der Waals surface area contributed by atoms with E-state index in [1.807, 2.05) is 6.07 Å². The zero-order chi connectivity index (χ0) is 28.2. The second-order valence-electron chi connectivity index (χ2n) is 10.1. The minimum atomic E-state index is -0.541.